The molecule has 1 aliphatic carbocycles. The first-order valence-electron chi connectivity index (χ1n) is 10.5. The minimum absolute atomic E-state index is 0.325. The minimum atomic E-state index is -0.325. The average Bonchev–Trinajstić information content (AvgIpc) is 3.50. The van der Waals surface area contributed by atoms with E-state index in [1.54, 1.807) is 6.33 Å². The van der Waals surface area contributed by atoms with E-state index in [1.807, 2.05) is 37.2 Å². The SMILES string of the molecule is CN(C)CCC#CC(=O)Nc1ccc2ncnc(Nc3ccc(C4(C)CC4)cc3)c2c1. The molecule has 1 heterocycles. The molecule has 1 aromatic heterocycles. The van der Waals surface area contributed by atoms with Crippen LogP contribution in [0.5, 0.6) is 0 Å². The van der Waals surface area contributed by atoms with E-state index in [-0.39, 0.29) is 5.91 Å². The van der Waals surface area contributed by atoms with E-state index in [4.69, 9.17) is 0 Å². The van der Waals surface area contributed by atoms with Gasteiger partial charge in [0.2, 0.25) is 0 Å². The Balaban J connectivity index is 1.50. The number of nitrogens with zero attached hydrogens (tertiary/aromatic N) is 3. The van der Waals surface area contributed by atoms with Gasteiger partial charge in [0.05, 0.1) is 5.52 Å². The predicted molar refractivity (Wildman–Crippen MR) is 125 cm³/mol. The van der Waals surface area contributed by atoms with E-state index in [9.17, 15) is 4.79 Å². The van der Waals surface area contributed by atoms with Crippen molar-refractivity contribution in [2.75, 3.05) is 31.3 Å². The summed E-state index contributed by atoms with van der Waals surface area (Å²) in [7, 11) is 3.96. The van der Waals surface area contributed by atoms with Crippen LogP contribution in [0.1, 0.15) is 31.7 Å². The molecule has 1 amide bonds. The van der Waals surface area contributed by atoms with E-state index in [2.05, 4.69) is 63.6 Å². The van der Waals surface area contributed by atoms with Gasteiger partial charge in [-0.3, -0.25) is 4.79 Å². The molecule has 0 bridgehead atoms. The lowest BCUT2D eigenvalue weighted by molar-refractivity contribution is -0.111. The number of benzene rings is 2. The molecule has 1 fully saturated rings. The molecule has 1 aliphatic rings. The van der Waals surface area contributed by atoms with Crippen molar-refractivity contribution in [2.24, 2.45) is 0 Å². The molecule has 31 heavy (non-hydrogen) atoms. The van der Waals surface area contributed by atoms with Crippen LogP contribution in [0.2, 0.25) is 0 Å². The minimum Gasteiger partial charge on any atom is -0.340 e. The van der Waals surface area contributed by atoms with E-state index in [1.165, 1.54) is 18.4 Å². The van der Waals surface area contributed by atoms with Gasteiger partial charge in [-0.05, 0) is 74.2 Å². The zero-order chi connectivity index (χ0) is 21.8. The van der Waals surface area contributed by atoms with Crippen molar-refractivity contribution < 1.29 is 4.79 Å². The number of fused-ring (bicyclic) bond motifs is 1. The van der Waals surface area contributed by atoms with Crippen LogP contribution in [0, 0.1) is 11.8 Å². The summed E-state index contributed by atoms with van der Waals surface area (Å²) in [4.78, 5) is 22.9. The first-order valence-corrected chi connectivity index (χ1v) is 10.5. The predicted octanol–water partition coefficient (Wildman–Crippen LogP) is 4.32. The number of hydrogen-bond donors (Lipinski definition) is 2. The molecule has 0 saturated heterocycles. The summed E-state index contributed by atoms with van der Waals surface area (Å²) < 4.78 is 0. The fourth-order valence-electron chi connectivity index (χ4n) is 3.39. The molecule has 4 rings (SSSR count). The van der Waals surface area contributed by atoms with Gasteiger partial charge in [0, 0.05) is 29.7 Å². The Labute approximate surface area is 183 Å². The van der Waals surface area contributed by atoms with Gasteiger partial charge in [0.15, 0.2) is 0 Å². The number of anilines is 3. The van der Waals surface area contributed by atoms with Crippen molar-refractivity contribution in [2.45, 2.75) is 31.6 Å². The van der Waals surface area contributed by atoms with Crippen molar-refractivity contribution in [1.82, 2.24) is 14.9 Å². The second-order valence-electron chi connectivity index (χ2n) is 8.53. The highest BCUT2D eigenvalue weighted by atomic mass is 16.1. The standard InChI is InChI=1S/C25H27N5O/c1-25(13-14-25)18-7-9-19(10-8-18)29-24-21-16-20(11-12-22(21)26-17-27-24)28-23(31)6-4-5-15-30(2)3/h7-12,16-17H,5,13-15H2,1-3H3,(H,28,31)(H,26,27,29). The largest absolute Gasteiger partial charge is 0.340 e. The maximum Gasteiger partial charge on any atom is 0.300 e. The fourth-order valence-corrected chi connectivity index (χ4v) is 3.39. The molecular formula is C25H27N5O. The summed E-state index contributed by atoms with van der Waals surface area (Å²) in [6.07, 6.45) is 4.70. The smallest absolute Gasteiger partial charge is 0.300 e. The Morgan fingerprint density at radius 2 is 1.84 bits per heavy atom. The molecule has 6 heteroatoms. The van der Waals surface area contributed by atoms with Gasteiger partial charge in [-0.1, -0.05) is 25.0 Å². The van der Waals surface area contributed by atoms with E-state index < -0.39 is 0 Å². The number of nitrogens with one attached hydrogen (secondary N) is 2. The van der Waals surface area contributed by atoms with Crippen molar-refractivity contribution in [3.8, 4) is 11.8 Å². The summed E-state index contributed by atoms with van der Waals surface area (Å²) in [6, 6.07) is 14.1. The monoisotopic (exact) mass is 413 g/mol. The first kappa shape index (κ1) is 20.8. The van der Waals surface area contributed by atoms with Gasteiger partial charge < -0.3 is 15.5 Å². The van der Waals surface area contributed by atoms with Crippen LogP contribution in [0.4, 0.5) is 17.2 Å². The maximum absolute atomic E-state index is 12.1. The molecule has 0 atom stereocenters. The lowest BCUT2D eigenvalue weighted by Gasteiger charge is -2.12. The number of carbonyl (C=O) groups excluding carboxylic acids is 1. The molecular weight excluding hydrogens is 386 g/mol. The summed E-state index contributed by atoms with van der Waals surface area (Å²) in [5.74, 6) is 5.91. The molecule has 2 N–H and O–H groups in total. The molecule has 0 spiro atoms. The quantitative estimate of drug-likeness (QED) is 0.589. The number of aromatic nitrogens is 2. The molecule has 158 valence electrons. The Morgan fingerprint density at radius 1 is 1.10 bits per heavy atom. The van der Waals surface area contributed by atoms with E-state index in [0.29, 0.717) is 23.3 Å². The van der Waals surface area contributed by atoms with Gasteiger partial charge in [-0.2, -0.15) is 0 Å². The Kier molecular flexibility index (Phi) is 5.88. The zero-order valence-corrected chi connectivity index (χ0v) is 18.2. The third-order valence-electron chi connectivity index (χ3n) is 5.62. The number of rotatable bonds is 6. The number of amides is 1. The van der Waals surface area contributed by atoms with Crippen LogP contribution < -0.4 is 10.6 Å². The molecule has 2 aromatic carbocycles. The number of carbonyl (C=O) groups is 1. The van der Waals surface area contributed by atoms with Gasteiger partial charge in [-0.25, -0.2) is 9.97 Å². The first-order chi connectivity index (χ1) is 14.9. The van der Waals surface area contributed by atoms with Gasteiger partial charge in [0.1, 0.15) is 12.1 Å². The van der Waals surface area contributed by atoms with E-state index >= 15 is 0 Å². The third-order valence-corrected chi connectivity index (χ3v) is 5.62. The maximum atomic E-state index is 12.1. The molecule has 6 nitrogen and oxygen atoms in total. The highest BCUT2D eigenvalue weighted by Crippen LogP contribution is 2.47. The molecule has 0 unspecified atom stereocenters. The lowest BCUT2D eigenvalue weighted by atomic mass is 9.98. The Hall–Kier alpha value is -3.43. The van der Waals surface area contributed by atoms with Gasteiger partial charge in [0.25, 0.3) is 5.91 Å². The highest BCUT2D eigenvalue weighted by molar-refractivity contribution is 6.05. The second kappa shape index (κ2) is 8.75. The number of hydrogen-bond acceptors (Lipinski definition) is 5. The van der Waals surface area contributed by atoms with Gasteiger partial charge >= 0.3 is 0 Å². The van der Waals surface area contributed by atoms with Crippen LogP contribution >= 0.6 is 0 Å². The lowest BCUT2D eigenvalue weighted by Crippen LogP contribution is -2.12. The highest BCUT2D eigenvalue weighted by Gasteiger charge is 2.38. The molecule has 3 aromatic rings. The fraction of sp³-hybridized carbons (Fsp3) is 0.320. The molecule has 0 aliphatic heterocycles. The molecule has 1 saturated carbocycles. The van der Waals surface area contributed by atoms with Crippen molar-refractivity contribution >= 4 is 34.0 Å². The Bertz CT molecular complexity index is 1150. The summed E-state index contributed by atoms with van der Waals surface area (Å²) >= 11 is 0. The van der Waals surface area contributed by atoms with Crippen LogP contribution in [-0.4, -0.2) is 41.4 Å². The third kappa shape index (κ3) is 5.19. The zero-order valence-electron chi connectivity index (χ0n) is 18.2. The van der Waals surface area contributed by atoms with Crippen molar-refractivity contribution in [3.05, 3.63) is 54.4 Å². The summed E-state index contributed by atoms with van der Waals surface area (Å²) in [5, 5.41) is 7.05. The van der Waals surface area contributed by atoms with Crippen LogP contribution in [0.15, 0.2) is 48.8 Å². The van der Waals surface area contributed by atoms with Crippen LogP contribution in [0.3, 0.4) is 0 Å². The van der Waals surface area contributed by atoms with E-state index in [0.717, 1.165) is 23.1 Å². The second-order valence-corrected chi connectivity index (χ2v) is 8.53. The van der Waals surface area contributed by atoms with Crippen molar-refractivity contribution in [1.29, 1.82) is 0 Å². The normalized spacial score (nSPS) is 14.1. The van der Waals surface area contributed by atoms with Gasteiger partial charge in [-0.15, -0.1) is 0 Å². The average molecular weight is 414 g/mol. The summed E-state index contributed by atoms with van der Waals surface area (Å²) in [6.45, 7) is 3.12. The Morgan fingerprint density at radius 3 is 2.55 bits per heavy atom. The topological polar surface area (TPSA) is 70.2 Å². The van der Waals surface area contributed by atoms with Crippen molar-refractivity contribution in [3.63, 3.8) is 0 Å². The summed E-state index contributed by atoms with van der Waals surface area (Å²) in [5.41, 5.74) is 4.16. The van der Waals surface area contributed by atoms with Crippen LogP contribution in [-0.2, 0) is 10.2 Å². The van der Waals surface area contributed by atoms with Crippen LogP contribution in [0.25, 0.3) is 10.9 Å². The molecule has 0 radical (unpaired) electrons.